The third kappa shape index (κ3) is 6.87. The van der Waals surface area contributed by atoms with Gasteiger partial charge in [0.05, 0.1) is 25.4 Å². The van der Waals surface area contributed by atoms with Gasteiger partial charge in [0.15, 0.2) is 0 Å². The second-order valence-corrected chi connectivity index (χ2v) is 4.46. The summed E-state index contributed by atoms with van der Waals surface area (Å²) in [6.07, 6.45) is 6.44. The molecule has 0 spiro atoms. The monoisotopic (exact) mass is 295 g/mol. The van der Waals surface area contributed by atoms with Crippen LogP contribution in [0.1, 0.15) is 13.3 Å². The van der Waals surface area contributed by atoms with Crippen LogP contribution in [0.2, 0.25) is 0 Å². The number of allylic oxidation sites excluding steroid dienone is 3. The van der Waals surface area contributed by atoms with Crippen LogP contribution in [0, 0.1) is 0 Å². The van der Waals surface area contributed by atoms with Crippen molar-refractivity contribution in [3.8, 4) is 0 Å². The van der Waals surface area contributed by atoms with Crippen molar-refractivity contribution in [1.29, 1.82) is 0 Å². The number of hydrogen-bond acceptors (Lipinski definition) is 5. The van der Waals surface area contributed by atoms with Gasteiger partial charge in [0.1, 0.15) is 6.61 Å². The predicted octanol–water partition coefficient (Wildman–Crippen LogP) is 1.10. The smallest absolute Gasteiger partial charge is 0.338 e. The largest absolute Gasteiger partial charge is 0.460 e. The Bertz CT molecular complexity index is 451. The third-order valence-electron chi connectivity index (χ3n) is 2.71. The molecule has 116 valence electrons. The minimum atomic E-state index is -0.440. The summed E-state index contributed by atoms with van der Waals surface area (Å²) in [6, 6.07) is 0. The van der Waals surface area contributed by atoms with E-state index in [1.807, 2.05) is 13.0 Å². The minimum Gasteiger partial charge on any atom is -0.460 e. The van der Waals surface area contributed by atoms with Crippen molar-refractivity contribution in [1.82, 2.24) is 5.32 Å². The minimum absolute atomic E-state index is 0.174. The number of ether oxygens (including phenoxy) is 3. The van der Waals surface area contributed by atoms with E-state index in [-0.39, 0.29) is 6.61 Å². The van der Waals surface area contributed by atoms with Crippen LogP contribution in [-0.4, -0.2) is 45.9 Å². The normalized spacial score (nSPS) is 14.5. The van der Waals surface area contributed by atoms with E-state index >= 15 is 0 Å². The van der Waals surface area contributed by atoms with Crippen LogP contribution in [0.4, 0.5) is 0 Å². The molecule has 1 rings (SSSR count). The number of carbonyl (C=O) groups is 2. The van der Waals surface area contributed by atoms with E-state index in [9.17, 15) is 9.59 Å². The maximum Gasteiger partial charge on any atom is 0.338 e. The number of nitrogens with one attached hydrogen (secondary N) is 1. The van der Waals surface area contributed by atoms with Gasteiger partial charge >= 0.3 is 5.97 Å². The molecular weight excluding hydrogens is 274 g/mol. The number of carbonyl (C=O) groups excluding carboxylic acids is 2. The average molecular weight is 295 g/mol. The fourth-order valence-electron chi connectivity index (χ4n) is 1.67. The molecule has 6 nitrogen and oxygen atoms in total. The van der Waals surface area contributed by atoms with Crippen LogP contribution in [0.5, 0.6) is 0 Å². The average Bonchev–Trinajstić information content (AvgIpc) is 2.65. The highest BCUT2D eigenvalue weighted by Crippen LogP contribution is 2.16. The summed E-state index contributed by atoms with van der Waals surface area (Å²) >= 11 is 0. The maximum absolute atomic E-state index is 12.0. The number of esters is 1. The SMILES string of the molecule is COCCOCCOC(=O)C1=CC(NC=O)=CCC(C)=C1. The van der Waals surface area contributed by atoms with Crippen molar-refractivity contribution in [2.24, 2.45) is 0 Å². The Labute approximate surface area is 124 Å². The number of hydrogen-bond donors (Lipinski definition) is 1. The molecule has 1 N–H and O–H groups in total. The third-order valence-corrected chi connectivity index (χ3v) is 2.71. The van der Waals surface area contributed by atoms with Crippen molar-refractivity contribution >= 4 is 12.4 Å². The Kier molecular flexibility index (Phi) is 8.08. The summed E-state index contributed by atoms with van der Waals surface area (Å²) in [7, 11) is 1.59. The van der Waals surface area contributed by atoms with Crippen LogP contribution < -0.4 is 5.32 Å². The first kappa shape index (κ1) is 17.1. The zero-order valence-electron chi connectivity index (χ0n) is 12.4. The van der Waals surface area contributed by atoms with E-state index in [0.717, 1.165) is 5.57 Å². The van der Waals surface area contributed by atoms with E-state index in [0.29, 0.717) is 43.9 Å². The molecule has 0 aliphatic heterocycles. The zero-order chi connectivity index (χ0) is 15.5. The van der Waals surface area contributed by atoms with E-state index in [4.69, 9.17) is 14.2 Å². The Hall–Kier alpha value is -1.92. The van der Waals surface area contributed by atoms with E-state index < -0.39 is 5.97 Å². The van der Waals surface area contributed by atoms with Gasteiger partial charge in [-0.1, -0.05) is 11.6 Å². The number of amides is 1. The van der Waals surface area contributed by atoms with Gasteiger partial charge in [0, 0.05) is 12.8 Å². The molecule has 0 atom stereocenters. The van der Waals surface area contributed by atoms with E-state index in [2.05, 4.69) is 5.32 Å². The lowest BCUT2D eigenvalue weighted by Gasteiger charge is -2.07. The number of methoxy groups -OCH3 is 1. The van der Waals surface area contributed by atoms with Gasteiger partial charge in [-0.25, -0.2) is 4.79 Å². The molecular formula is C15H21NO5. The predicted molar refractivity (Wildman–Crippen MR) is 77.4 cm³/mol. The fourth-order valence-corrected chi connectivity index (χ4v) is 1.67. The molecule has 0 fully saturated rings. The molecule has 0 aromatic carbocycles. The first-order valence-electron chi connectivity index (χ1n) is 6.70. The summed E-state index contributed by atoms with van der Waals surface area (Å²) in [5.74, 6) is -0.440. The second kappa shape index (κ2) is 9.90. The molecule has 1 aliphatic carbocycles. The van der Waals surface area contributed by atoms with Crippen LogP contribution in [0.3, 0.4) is 0 Å². The lowest BCUT2D eigenvalue weighted by atomic mass is 10.1. The van der Waals surface area contributed by atoms with Crippen molar-refractivity contribution < 1.29 is 23.8 Å². The molecule has 1 aliphatic rings. The van der Waals surface area contributed by atoms with Gasteiger partial charge in [-0.2, -0.15) is 0 Å². The summed E-state index contributed by atoms with van der Waals surface area (Å²) < 4.78 is 15.2. The zero-order valence-corrected chi connectivity index (χ0v) is 12.4. The molecule has 0 radical (unpaired) electrons. The summed E-state index contributed by atoms with van der Waals surface area (Å²) in [6.45, 7) is 3.38. The Balaban J connectivity index is 2.48. The topological polar surface area (TPSA) is 73.9 Å². The molecule has 6 heteroatoms. The van der Waals surface area contributed by atoms with Crippen LogP contribution in [-0.2, 0) is 23.8 Å². The van der Waals surface area contributed by atoms with Crippen LogP contribution in [0.15, 0.2) is 35.1 Å². The molecule has 0 saturated heterocycles. The first-order valence-corrected chi connectivity index (χ1v) is 6.70. The molecule has 0 bridgehead atoms. The fraction of sp³-hybridized carbons (Fsp3) is 0.467. The van der Waals surface area contributed by atoms with E-state index in [1.165, 1.54) is 0 Å². The van der Waals surface area contributed by atoms with Gasteiger partial charge in [-0.3, -0.25) is 4.79 Å². The van der Waals surface area contributed by atoms with Crippen molar-refractivity contribution in [2.75, 3.05) is 33.5 Å². The van der Waals surface area contributed by atoms with Gasteiger partial charge in [0.2, 0.25) is 6.41 Å². The summed E-state index contributed by atoms with van der Waals surface area (Å²) in [5.41, 5.74) is 2.00. The van der Waals surface area contributed by atoms with Crippen molar-refractivity contribution in [3.05, 3.63) is 35.1 Å². The molecule has 0 aromatic rings. The second-order valence-electron chi connectivity index (χ2n) is 4.46. The van der Waals surface area contributed by atoms with Gasteiger partial charge in [-0.05, 0) is 25.5 Å². The summed E-state index contributed by atoms with van der Waals surface area (Å²) in [5, 5.41) is 2.54. The van der Waals surface area contributed by atoms with Crippen molar-refractivity contribution in [2.45, 2.75) is 13.3 Å². The Morgan fingerprint density at radius 1 is 1.29 bits per heavy atom. The van der Waals surface area contributed by atoms with Crippen LogP contribution in [0.25, 0.3) is 0 Å². The highest BCUT2D eigenvalue weighted by molar-refractivity contribution is 5.92. The highest BCUT2D eigenvalue weighted by Gasteiger charge is 2.12. The lowest BCUT2D eigenvalue weighted by molar-refractivity contribution is -0.140. The van der Waals surface area contributed by atoms with Gasteiger partial charge in [-0.15, -0.1) is 0 Å². The first-order chi connectivity index (χ1) is 10.2. The molecule has 0 heterocycles. The standard InChI is InChI=1S/C15H21NO5/c1-12-3-4-14(16-11-17)10-13(9-12)15(18)21-8-7-20-6-5-19-2/h4,9-11H,3,5-8H2,1-2H3,(H,16,17). The number of rotatable bonds is 9. The van der Waals surface area contributed by atoms with Gasteiger partial charge < -0.3 is 19.5 Å². The van der Waals surface area contributed by atoms with Crippen molar-refractivity contribution in [3.63, 3.8) is 0 Å². The molecule has 0 aromatic heterocycles. The molecule has 0 unspecified atom stereocenters. The Morgan fingerprint density at radius 3 is 2.76 bits per heavy atom. The highest BCUT2D eigenvalue weighted by atomic mass is 16.6. The van der Waals surface area contributed by atoms with E-state index in [1.54, 1.807) is 19.3 Å². The Morgan fingerprint density at radius 2 is 2.05 bits per heavy atom. The van der Waals surface area contributed by atoms with Gasteiger partial charge in [0.25, 0.3) is 0 Å². The molecule has 21 heavy (non-hydrogen) atoms. The quantitative estimate of drug-likeness (QED) is 0.392. The molecule has 1 amide bonds. The lowest BCUT2D eigenvalue weighted by Crippen LogP contribution is -2.14. The summed E-state index contributed by atoms with van der Waals surface area (Å²) in [4.78, 5) is 22.5. The maximum atomic E-state index is 12.0. The van der Waals surface area contributed by atoms with Crippen LogP contribution >= 0.6 is 0 Å². The molecule has 0 saturated carbocycles.